The third kappa shape index (κ3) is 4.11. The largest absolute Gasteiger partial charge is 0.346 e. The van der Waals surface area contributed by atoms with Gasteiger partial charge in [-0.2, -0.15) is 5.10 Å². The zero-order valence-corrected chi connectivity index (χ0v) is 11.5. The molecule has 0 fully saturated rings. The highest BCUT2D eigenvalue weighted by Crippen LogP contribution is 2.19. The van der Waals surface area contributed by atoms with Crippen molar-refractivity contribution < 1.29 is 9.59 Å². The third-order valence-corrected chi connectivity index (χ3v) is 2.63. The fourth-order valence-electron chi connectivity index (χ4n) is 1.66. The van der Waals surface area contributed by atoms with E-state index in [1.165, 1.54) is 0 Å². The van der Waals surface area contributed by atoms with Crippen molar-refractivity contribution in [1.29, 1.82) is 0 Å². The third-order valence-electron chi connectivity index (χ3n) is 2.63. The molecule has 0 saturated heterocycles. The summed E-state index contributed by atoms with van der Waals surface area (Å²) in [7, 11) is 0. The first kappa shape index (κ1) is 14.7. The van der Waals surface area contributed by atoms with Crippen LogP contribution >= 0.6 is 0 Å². The quantitative estimate of drug-likeness (QED) is 0.606. The summed E-state index contributed by atoms with van der Waals surface area (Å²) in [6.07, 6.45) is 0. The molecule has 0 saturated carbocycles. The molecule has 5 N–H and O–H groups in total. The van der Waals surface area contributed by atoms with Gasteiger partial charge in [-0.3, -0.25) is 14.7 Å². The SMILES string of the molecule is Cc1nc(-c2cccc(NC(=O)CNC(=O)CN)c2)n[nH]1. The molecule has 0 aliphatic carbocycles. The average Bonchev–Trinajstić information content (AvgIpc) is 2.91. The Morgan fingerprint density at radius 3 is 2.81 bits per heavy atom. The van der Waals surface area contributed by atoms with Crippen LogP contribution in [0.25, 0.3) is 11.4 Å². The number of aromatic nitrogens is 3. The molecule has 21 heavy (non-hydrogen) atoms. The first-order valence-corrected chi connectivity index (χ1v) is 6.34. The highest BCUT2D eigenvalue weighted by molar-refractivity contribution is 5.95. The molecule has 0 spiro atoms. The number of hydrogen-bond donors (Lipinski definition) is 4. The van der Waals surface area contributed by atoms with Crippen molar-refractivity contribution in [2.75, 3.05) is 18.4 Å². The van der Waals surface area contributed by atoms with Gasteiger partial charge < -0.3 is 16.4 Å². The minimum absolute atomic E-state index is 0.125. The number of nitrogens with two attached hydrogens (primary N) is 1. The van der Waals surface area contributed by atoms with Crippen LogP contribution in [-0.2, 0) is 9.59 Å². The van der Waals surface area contributed by atoms with Crippen LogP contribution in [0.4, 0.5) is 5.69 Å². The summed E-state index contributed by atoms with van der Waals surface area (Å²) in [5, 5.41) is 11.9. The Labute approximate surface area is 121 Å². The van der Waals surface area contributed by atoms with Crippen LogP contribution in [-0.4, -0.2) is 40.1 Å². The number of nitrogens with zero attached hydrogens (tertiary/aromatic N) is 2. The number of benzene rings is 1. The molecule has 8 heteroatoms. The summed E-state index contributed by atoms with van der Waals surface area (Å²) in [5.41, 5.74) is 6.52. The Morgan fingerprint density at radius 2 is 2.14 bits per heavy atom. The fraction of sp³-hybridized carbons (Fsp3) is 0.231. The number of rotatable bonds is 5. The molecular weight excluding hydrogens is 272 g/mol. The van der Waals surface area contributed by atoms with Crippen molar-refractivity contribution >= 4 is 17.5 Å². The molecule has 2 rings (SSSR count). The first-order valence-electron chi connectivity index (χ1n) is 6.34. The van der Waals surface area contributed by atoms with E-state index in [0.717, 1.165) is 5.56 Å². The number of nitrogens with one attached hydrogen (secondary N) is 3. The van der Waals surface area contributed by atoms with Gasteiger partial charge in [0, 0.05) is 11.3 Å². The van der Waals surface area contributed by atoms with E-state index in [2.05, 4.69) is 25.8 Å². The van der Waals surface area contributed by atoms with Crippen LogP contribution in [0.3, 0.4) is 0 Å². The molecule has 2 aromatic rings. The zero-order chi connectivity index (χ0) is 15.2. The van der Waals surface area contributed by atoms with E-state index in [0.29, 0.717) is 17.3 Å². The van der Waals surface area contributed by atoms with Crippen molar-refractivity contribution in [3.63, 3.8) is 0 Å². The summed E-state index contributed by atoms with van der Waals surface area (Å²) in [5.74, 6) is 0.555. The molecule has 0 aliphatic rings. The monoisotopic (exact) mass is 288 g/mol. The maximum Gasteiger partial charge on any atom is 0.243 e. The first-order chi connectivity index (χ1) is 10.1. The van der Waals surface area contributed by atoms with E-state index in [1.54, 1.807) is 18.2 Å². The minimum atomic E-state index is -0.380. The number of aryl methyl sites for hydroxylation is 1. The molecule has 0 unspecified atom stereocenters. The van der Waals surface area contributed by atoms with Gasteiger partial charge in [-0.15, -0.1) is 0 Å². The molecule has 0 atom stereocenters. The number of H-pyrrole nitrogens is 1. The summed E-state index contributed by atoms with van der Waals surface area (Å²) in [4.78, 5) is 26.9. The Kier molecular flexibility index (Phi) is 4.62. The lowest BCUT2D eigenvalue weighted by molar-refractivity contribution is -0.123. The summed E-state index contributed by atoms with van der Waals surface area (Å²) in [6, 6.07) is 7.13. The van der Waals surface area contributed by atoms with Crippen molar-refractivity contribution in [3.8, 4) is 11.4 Å². The van der Waals surface area contributed by atoms with E-state index in [-0.39, 0.29) is 24.9 Å². The lowest BCUT2D eigenvalue weighted by Gasteiger charge is -2.07. The molecule has 0 aliphatic heterocycles. The van der Waals surface area contributed by atoms with Crippen LogP contribution in [0.5, 0.6) is 0 Å². The van der Waals surface area contributed by atoms with Crippen LogP contribution < -0.4 is 16.4 Å². The molecule has 8 nitrogen and oxygen atoms in total. The Morgan fingerprint density at radius 1 is 1.33 bits per heavy atom. The molecule has 0 radical (unpaired) electrons. The maximum absolute atomic E-state index is 11.7. The lowest BCUT2D eigenvalue weighted by atomic mass is 10.2. The van der Waals surface area contributed by atoms with Crippen LogP contribution in [0.15, 0.2) is 24.3 Å². The number of carbonyl (C=O) groups is 2. The topological polar surface area (TPSA) is 126 Å². The van der Waals surface area contributed by atoms with E-state index in [1.807, 2.05) is 13.0 Å². The Bertz CT molecular complexity index is 652. The Balaban J connectivity index is 2.01. The van der Waals surface area contributed by atoms with Crippen molar-refractivity contribution in [1.82, 2.24) is 20.5 Å². The minimum Gasteiger partial charge on any atom is -0.346 e. The number of hydrogen-bond acceptors (Lipinski definition) is 5. The van der Waals surface area contributed by atoms with E-state index in [9.17, 15) is 9.59 Å². The van der Waals surface area contributed by atoms with Crippen molar-refractivity contribution in [2.45, 2.75) is 6.92 Å². The van der Waals surface area contributed by atoms with E-state index in [4.69, 9.17) is 5.73 Å². The molecule has 1 aromatic heterocycles. The summed E-state index contributed by atoms with van der Waals surface area (Å²) >= 11 is 0. The van der Waals surface area contributed by atoms with Gasteiger partial charge in [-0.25, -0.2) is 4.98 Å². The predicted molar refractivity (Wildman–Crippen MR) is 77.2 cm³/mol. The predicted octanol–water partition coefficient (Wildman–Crippen LogP) is -0.206. The van der Waals surface area contributed by atoms with Gasteiger partial charge in [-0.05, 0) is 19.1 Å². The highest BCUT2D eigenvalue weighted by Gasteiger charge is 2.07. The molecule has 1 aromatic carbocycles. The summed E-state index contributed by atoms with van der Waals surface area (Å²) < 4.78 is 0. The van der Waals surface area contributed by atoms with Gasteiger partial charge in [0.25, 0.3) is 0 Å². The fourth-order valence-corrected chi connectivity index (χ4v) is 1.66. The zero-order valence-electron chi connectivity index (χ0n) is 11.5. The normalized spacial score (nSPS) is 10.2. The second-order valence-electron chi connectivity index (χ2n) is 4.35. The number of carbonyl (C=O) groups excluding carboxylic acids is 2. The van der Waals surface area contributed by atoms with E-state index < -0.39 is 0 Å². The van der Waals surface area contributed by atoms with Crippen LogP contribution in [0.2, 0.25) is 0 Å². The maximum atomic E-state index is 11.7. The summed E-state index contributed by atoms with van der Waals surface area (Å²) in [6.45, 7) is 1.54. The van der Waals surface area contributed by atoms with Gasteiger partial charge in [0.15, 0.2) is 5.82 Å². The molecular formula is C13H16N6O2. The standard InChI is InChI=1S/C13H16N6O2/c1-8-16-13(19-18-8)9-3-2-4-10(5-9)17-12(21)7-15-11(20)6-14/h2-5H,6-7,14H2,1H3,(H,15,20)(H,17,21)(H,16,18,19). The highest BCUT2D eigenvalue weighted by atomic mass is 16.2. The molecule has 110 valence electrons. The van der Waals surface area contributed by atoms with E-state index >= 15 is 0 Å². The van der Waals surface area contributed by atoms with Gasteiger partial charge >= 0.3 is 0 Å². The number of amides is 2. The van der Waals surface area contributed by atoms with Crippen molar-refractivity contribution in [2.24, 2.45) is 5.73 Å². The molecule has 1 heterocycles. The van der Waals surface area contributed by atoms with Gasteiger partial charge in [0.2, 0.25) is 11.8 Å². The van der Waals surface area contributed by atoms with Gasteiger partial charge in [0.05, 0.1) is 13.1 Å². The molecule has 2 amide bonds. The smallest absolute Gasteiger partial charge is 0.243 e. The van der Waals surface area contributed by atoms with Crippen LogP contribution in [0, 0.1) is 6.92 Å². The average molecular weight is 288 g/mol. The van der Waals surface area contributed by atoms with Gasteiger partial charge in [0.1, 0.15) is 5.82 Å². The second kappa shape index (κ2) is 6.62. The van der Waals surface area contributed by atoms with Crippen LogP contribution in [0.1, 0.15) is 5.82 Å². The Hall–Kier alpha value is -2.74. The second-order valence-corrected chi connectivity index (χ2v) is 4.35. The number of anilines is 1. The lowest BCUT2D eigenvalue weighted by Crippen LogP contribution is -2.36. The molecule has 0 bridgehead atoms. The van der Waals surface area contributed by atoms with Crippen molar-refractivity contribution in [3.05, 3.63) is 30.1 Å². The van der Waals surface area contributed by atoms with Gasteiger partial charge in [-0.1, -0.05) is 12.1 Å². The number of aromatic amines is 1.